The SMILES string of the molecule is CN1C(=O)C(c2c[nH]c3ncccc23)=C(c2cn(C(=O)OC(C)(C)C)c3cc(OCc4ccccc4)ccc23)C1=O. The molecule has 2 aromatic carbocycles. The third-order valence-corrected chi connectivity index (χ3v) is 6.89. The number of aromatic amines is 1. The first-order valence-electron chi connectivity index (χ1n) is 13.2. The number of rotatable bonds is 5. The highest BCUT2D eigenvalue weighted by Gasteiger charge is 2.40. The molecule has 1 aliphatic rings. The molecule has 1 aliphatic heterocycles. The fourth-order valence-corrected chi connectivity index (χ4v) is 5.00. The minimum absolute atomic E-state index is 0.201. The first-order chi connectivity index (χ1) is 19.6. The number of benzene rings is 2. The zero-order chi connectivity index (χ0) is 28.9. The largest absolute Gasteiger partial charge is 0.489 e. The molecule has 9 nitrogen and oxygen atoms in total. The van der Waals surface area contributed by atoms with E-state index >= 15 is 0 Å². The molecule has 0 spiro atoms. The lowest BCUT2D eigenvalue weighted by molar-refractivity contribution is -0.134. The first-order valence-corrected chi connectivity index (χ1v) is 13.2. The molecule has 6 rings (SSSR count). The van der Waals surface area contributed by atoms with Crippen LogP contribution in [0, 0.1) is 0 Å². The monoisotopic (exact) mass is 548 g/mol. The first kappa shape index (κ1) is 26.1. The maximum Gasteiger partial charge on any atom is 0.419 e. The minimum Gasteiger partial charge on any atom is -0.489 e. The number of aromatic nitrogens is 3. The van der Waals surface area contributed by atoms with Crippen molar-refractivity contribution in [3.8, 4) is 5.75 Å². The number of ether oxygens (including phenoxy) is 2. The van der Waals surface area contributed by atoms with E-state index in [0.717, 1.165) is 10.5 Å². The normalized spacial score (nSPS) is 14.0. The van der Waals surface area contributed by atoms with E-state index in [0.29, 0.717) is 45.4 Å². The van der Waals surface area contributed by atoms with Gasteiger partial charge in [0.15, 0.2) is 0 Å². The van der Waals surface area contributed by atoms with Crippen molar-refractivity contribution in [2.75, 3.05) is 7.05 Å². The molecule has 41 heavy (non-hydrogen) atoms. The number of H-pyrrole nitrogens is 1. The van der Waals surface area contributed by atoms with Gasteiger partial charge in [-0.2, -0.15) is 0 Å². The summed E-state index contributed by atoms with van der Waals surface area (Å²) in [5.41, 5.74) is 2.77. The van der Waals surface area contributed by atoms with Gasteiger partial charge in [0, 0.05) is 53.6 Å². The number of amides is 2. The minimum atomic E-state index is -0.754. The Morgan fingerprint density at radius 3 is 2.39 bits per heavy atom. The molecule has 0 bridgehead atoms. The van der Waals surface area contributed by atoms with E-state index in [-0.39, 0.29) is 11.1 Å². The highest BCUT2D eigenvalue weighted by atomic mass is 16.6. The molecule has 0 fully saturated rings. The van der Waals surface area contributed by atoms with E-state index in [1.54, 1.807) is 63.6 Å². The molecular weight excluding hydrogens is 520 g/mol. The van der Waals surface area contributed by atoms with E-state index in [1.165, 1.54) is 11.6 Å². The highest BCUT2D eigenvalue weighted by Crippen LogP contribution is 2.41. The zero-order valence-electron chi connectivity index (χ0n) is 23.1. The van der Waals surface area contributed by atoms with Crippen LogP contribution < -0.4 is 4.74 Å². The molecule has 0 aliphatic carbocycles. The summed E-state index contributed by atoms with van der Waals surface area (Å²) in [6, 6.07) is 18.7. The van der Waals surface area contributed by atoms with Crippen molar-refractivity contribution in [1.29, 1.82) is 0 Å². The number of carbonyl (C=O) groups is 3. The van der Waals surface area contributed by atoms with Gasteiger partial charge in [0.25, 0.3) is 11.8 Å². The van der Waals surface area contributed by atoms with Crippen LogP contribution in [0.4, 0.5) is 4.79 Å². The van der Waals surface area contributed by atoms with Crippen LogP contribution in [0.15, 0.2) is 79.3 Å². The highest BCUT2D eigenvalue weighted by molar-refractivity contribution is 6.50. The zero-order valence-corrected chi connectivity index (χ0v) is 23.1. The van der Waals surface area contributed by atoms with Crippen molar-refractivity contribution in [1.82, 2.24) is 19.4 Å². The molecule has 1 N–H and O–H groups in total. The van der Waals surface area contributed by atoms with Gasteiger partial charge < -0.3 is 14.5 Å². The molecule has 206 valence electrons. The van der Waals surface area contributed by atoms with Gasteiger partial charge >= 0.3 is 6.09 Å². The molecule has 3 aromatic heterocycles. The molecular formula is C32H28N4O5. The molecule has 0 saturated heterocycles. The quantitative estimate of drug-likeness (QED) is 0.279. The van der Waals surface area contributed by atoms with Crippen LogP contribution in [0.2, 0.25) is 0 Å². The second-order valence-corrected chi connectivity index (χ2v) is 10.9. The van der Waals surface area contributed by atoms with Crippen LogP contribution in [0.3, 0.4) is 0 Å². The van der Waals surface area contributed by atoms with Crippen LogP contribution in [0.1, 0.15) is 37.5 Å². The lowest BCUT2D eigenvalue weighted by atomic mass is 9.96. The third-order valence-electron chi connectivity index (χ3n) is 6.89. The van der Waals surface area contributed by atoms with Crippen molar-refractivity contribution in [3.05, 3.63) is 95.9 Å². The van der Waals surface area contributed by atoms with Crippen molar-refractivity contribution in [2.24, 2.45) is 0 Å². The Balaban J connectivity index is 1.54. The molecule has 4 heterocycles. The number of hydrogen-bond acceptors (Lipinski definition) is 6. The molecule has 0 atom stereocenters. The van der Waals surface area contributed by atoms with E-state index < -0.39 is 23.5 Å². The number of hydrogen-bond donors (Lipinski definition) is 1. The lowest BCUT2D eigenvalue weighted by Gasteiger charge is -2.19. The Kier molecular flexibility index (Phi) is 6.22. The van der Waals surface area contributed by atoms with E-state index in [9.17, 15) is 14.4 Å². The smallest absolute Gasteiger partial charge is 0.419 e. The Bertz CT molecular complexity index is 1870. The summed E-state index contributed by atoms with van der Waals surface area (Å²) in [7, 11) is 1.45. The van der Waals surface area contributed by atoms with Crippen molar-refractivity contribution in [3.63, 3.8) is 0 Å². The van der Waals surface area contributed by atoms with Gasteiger partial charge in [-0.15, -0.1) is 0 Å². The summed E-state index contributed by atoms with van der Waals surface area (Å²) in [5.74, 6) is -0.356. The number of carbonyl (C=O) groups excluding carboxylic acids is 3. The number of likely N-dealkylation sites (N-methyl/N-ethyl adjacent to an activating group) is 1. The fraction of sp³-hybridized carbons (Fsp3) is 0.188. The fourth-order valence-electron chi connectivity index (χ4n) is 5.00. The van der Waals surface area contributed by atoms with Crippen LogP contribution in [0.25, 0.3) is 33.1 Å². The van der Waals surface area contributed by atoms with Gasteiger partial charge in [0.2, 0.25) is 0 Å². The van der Waals surface area contributed by atoms with Gasteiger partial charge in [-0.05, 0) is 50.6 Å². The van der Waals surface area contributed by atoms with E-state index in [1.807, 2.05) is 36.4 Å². The summed E-state index contributed by atoms with van der Waals surface area (Å²) in [5, 5.41) is 1.31. The van der Waals surface area contributed by atoms with Crippen LogP contribution in [-0.2, 0) is 20.9 Å². The summed E-state index contributed by atoms with van der Waals surface area (Å²) in [6.45, 7) is 5.69. The second kappa shape index (κ2) is 9.78. The number of nitrogens with zero attached hydrogens (tertiary/aromatic N) is 3. The average molecular weight is 549 g/mol. The van der Waals surface area contributed by atoms with Crippen LogP contribution in [-0.4, -0.2) is 50.0 Å². The Labute approximate surface area is 236 Å². The third kappa shape index (κ3) is 4.65. The Morgan fingerprint density at radius 2 is 1.66 bits per heavy atom. The Hall–Kier alpha value is -5.18. The number of nitrogens with one attached hydrogen (secondary N) is 1. The molecule has 0 saturated carbocycles. The summed E-state index contributed by atoms with van der Waals surface area (Å²) in [6.07, 6.45) is 4.28. The van der Waals surface area contributed by atoms with Crippen LogP contribution in [0.5, 0.6) is 5.75 Å². The molecule has 0 radical (unpaired) electrons. The second-order valence-electron chi connectivity index (χ2n) is 10.9. The maximum absolute atomic E-state index is 13.6. The van der Waals surface area contributed by atoms with Gasteiger partial charge in [-0.25, -0.2) is 9.78 Å². The predicted molar refractivity (Wildman–Crippen MR) is 155 cm³/mol. The summed E-state index contributed by atoms with van der Waals surface area (Å²) in [4.78, 5) is 49.0. The molecule has 0 unspecified atom stereocenters. The molecule has 5 aromatic rings. The predicted octanol–water partition coefficient (Wildman–Crippen LogP) is 5.79. The molecule has 9 heteroatoms. The number of pyridine rings is 1. The number of imide groups is 1. The van der Waals surface area contributed by atoms with Crippen molar-refractivity contribution in [2.45, 2.75) is 33.0 Å². The van der Waals surface area contributed by atoms with Crippen LogP contribution >= 0.6 is 0 Å². The lowest BCUT2D eigenvalue weighted by Crippen LogP contribution is -2.27. The average Bonchev–Trinajstić information content (AvgIpc) is 3.60. The standard InChI is InChI=1S/C32H28N4O5/c1-32(2,3)41-31(39)36-17-24(21-13-12-20(15-25(21)36)40-18-19-9-6-5-7-10-19)27-26(29(37)35(4)30(27)38)23-16-34-28-22(23)11-8-14-33-28/h5-17H,18H2,1-4H3,(H,33,34). The van der Waals surface area contributed by atoms with Gasteiger partial charge in [-0.1, -0.05) is 30.3 Å². The van der Waals surface area contributed by atoms with Crippen molar-refractivity contribution < 1.29 is 23.9 Å². The van der Waals surface area contributed by atoms with Gasteiger partial charge in [-0.3, -0.25) is 19.1 Å². The summed E-state index contributed by atoms with van der Waals surface area (Å²) >= 11 is 0. The number of fused-ring (bicyclic) bond motifs is 2. The summed E-state index contributed by atoms with van der Waals surface area (Å²) < 4.78 is 13.1. The van der Waals surface area contributed by atoms with Gasteiger partial charge in [0.05, 0.1) is 16.7 Å². The van der Waals surface area contributed by atoms with Crippen molar-refractivity contribution >= 4 is 51.0 Å². The molecule has 2 amide bonds. The maximum atomic E-state index is 13.6. The van der Waals surface area contributed by atoms with Gasteiger partial charge in [0.1, 0.15) is 23.6 Å². The van der Waals surface area contributed by atoms with E-state index in [4.69, 9.17) is 9.47 Å². The Morgan fingerprint density at radius 1 is 0.927 bits per heavy atom. The topological polar surface area (TPSA) is 107 Å². The van der Waals surface area contributed by atoms with E-state index in [2.05, 4.69) is 9.97 Å².